The Morgan fingerprint density at radius 1 is 0.500 bits per heavy atom. The fourth-order valence-corrected chi connectivity index (χ4v) is 4.75. The highest BCUT2D eigenvalue weighted by atomic mass is 15.2. The van der Waals surface area contributed by atoms with Gasteiger partial charge in [-0.15, -0.1) is 0 Å². The number of hydrogen-bond acceptors (Lipinski definition) is 2. The van der Waals surface area contributed by atoms with Crippen molar-refractivity contribution in [2.75, 3.05) is 14.1 Å². The lowest BCUT2D eigenvalue weighted by molar-refractivity contribution is 0.179. The molecule has 0 aromatic heterocycles. The zero-order chi connectivity index (χ0) is 12.5. The summed E-state index contributed by atoms with van der Waals surface area (Å²) >= 11 is 0. The van der Waals surface area contributed by atoms with Gasteiger partial charge >= 0.3 is 0 Å². The first-order chi connectivity index (χ1) is 8.75. The van der Waals surface area contributed by atoms with Crippen LogP contribution in [0, 0.1) is 0 Å². The highest BCUT2D eigenvalue weighted by molar-refractivity contribution is 4.90. The van der Waals surface area contributed by atoms with Crippen LogP contribution < -0.4 is 0 Å². The van der Waals surface area contributed by atoms with Crippen LogP contribution in [-0.2, 0) is 0 Å². The van der Waals surface area contributed by atoms with Crippen LogP contribution >= 0.6 is 0 Å². The van der Waals surface area contributed by atoms with Crippen molar-refractivity contribution < 1.29 is 0 Å². The molecule has 4 atom stereocenters. The van der Waals surface area contributed by atoms with Gasteiger partial charge in [0.05, 0.1) is 0 Å². The monoisotopic (exact) mass is 250 g/mol. The lowest BCUT2D eigenvalue weighted by Crippen LogP contribution is -2.35. The molecule has 0 amide bonds. The van der Waals surface area contributed by atoms with Crippen LogP contribution in [0.3, 0.4) is 0 Å². The molecule has 0 radical (unpaired) electrons. The second kappa shape index (κ2) is 5.50. The summed E-state index contributed by atoms with van der Waals surface area (Å²) in [5.41, 5.74) is 0. The molecule has 2 nitrogen and oxygen atoms in total. The molecule has 0 spiro atoms. The molecule has 4 rings (SSSR count). The minimum Gasteiger partial charge on any atom is -0.300 e. The normalized spacial score (nSPS) is 43.7. The lowest BCUT2D eigenvalue weighted by Gasteiger charge is -2.30. The van der Waals surface area contributed by atoms with E-state index in [0.717, 1.165) is 24.2 Å². The van der Waals surface area contributed by atoms with Gasteiger partial charge in [0.25, 0.3) is 0 Å². The van der Waals surface area contributed by atoms with Crippen molar-refractivity contribution in [2.24, 2.45) is 0 Å². The molecule has 4 aliphatic heterocycles. The molecule has 18 heavy (non-hydrogen) atoms. The summed E-state index contributed by atoms with van der Waals surface area (Å²) in [6.07, 6.45) is 14.7. The average molecular weight is 250 g/mol. The van der Waals surface area contributed by atoms with E-state index in [9.17, 15) is 0 Å². The third kappa shape index (κ3) is 2.46. The van der Waals surface area contributed by atoms with Gasteiger partial charge in [-0.3, -0.25) is 0 Å². The maximum atomic E-state index is 2.59. The van der Waals surface area contributed by atoms with Crippen LogP contribution in [0.4, 0.5) is 0 Å². The predicted octanol–water partition coefficient (Wildman–Crippen LogP) is 3.27. The van der Waals surface area contributed by atoms with Crippen molar-refractivity contribution >= 4 is 0 Å². The van der Waals surface area contributed by atoms with Gasteiger partial charge in [-0.2, -0.15) is 0 Å². The van der Waals surface area contributed by atoms with E-state index in [2.05, 4.69) is 23.9 Å². The largest absolute Gasteiger partial charge is 0.300 e. The zero-order valence-corrected chi connectivity index (χ0v) is 12.3. The minimum absolute atomic E-state index is 0.962. The molecule has 4 unspecified atom stereocenters. The van der Waals surface area contributed by atoms with E-state index in [-0.39, 0.29) is 0 Å². The van der Waals surface area contributed by atoms with Crippen molar-refractivity contribution in [1.29, 1.82) is 0 Å². The second-order valence-corrected chi connectivity index (χ2v) is 6.96. The Morgan fingerprint density at radius 2 is 0.778 bits per heavy atom. The topological polar surface area (TPSA) is 6.48 Å². The first-order valence-electron chi connectivity index (χ1n) is 8.19. The first-order valence-corrected chi connectivity index (χ1v) is 8.19. The number of fused-ring (bicyclic) bond motifs is 4. The third-order valence-corrected chi connectivity index (χ3v) is 6.12. The van der Waals surface area contributed by atoms with Crippen LogP contribution in [0.2, 0.25) is 0 Å². The maximum Gasteiger partial charge on any atom is 0.00957 e. The van der Waals surface area contributed by atoms with Gasteiger partial charge in [0.1, 0.15) is 0 Å². The molecule has 0 N–H and O–H groups in total. The fraction of sp³-hybridized carbons (Fsp3) is 1.00. The summed E-state index contributed by atoms with van der Waals surface area (Å²) in [6.45, 7) is 0. The first kappa shape index (κ1) is 12.9. The van der Waals surface area contributed by atoms with Crippen molar-refractivity contribution in [2.45, 2.75) is 88.4 Å². The number of piperidine rings is 2. The molecular formula is C16H30N2. The second-order valence-electron chi connectivity index (χ2n) is 6.96. The zero-order valence-electron chi connectivity index (χ0n) is 12.3. The summed E-state index contributed by atoms with van der Waals surface area (Å²) in [5, 5.41) is 0. The molecule has 4 aliphatic rings. The van der Waals surface area contributed by atoms with Crippen LogP contribution in [0.5, 0.6) is 0 Å². The lowest BCUT2D eigenvalue weighted by atomic mass is 10.0. The van der Waals surface area contributed by atoms with E-state index >= 15 is 0 Å². The van der Waals surface area contributed by atoms with Crippen molar-refractivity contribution in [3.63, 3.8) is 0 Å². The minimum atomic E-state index is 0.962. The Hall–Kier alpha value is -0.0800. The molecule has 0 aromatic carbocycles. The van der Waals surface area contributed by atoms with Gasteiger partial charge < -0.3 is 9.80 Å². The van der Waals surface area contributed by atoms with Crippen LogP contribution in [0.25, 0.3) is 0 Å². The molecule has 2 heteroatoms. The smallest absolute Gasteiger partial charge is 0.00957 e. The number of rotatable bonds is 0. The Labute approximate surface area is 113 Å². The van der Waals surface area contributed by atoms with Crippen molar-refractivity contribution in [3.05, 3.63) is 0 Å². The fourth-order valence-electron chi connectivity index (χ4n) is 4.75. The van der Waals surface area contributed by atoms with Gasteiger partial charge in [-0.1, -0.05) is 12.8 Å². The van der Waals surface area contributed by atoms with E-state index in [1.807, 2.05) is 0 Å². The summed E-state index contributed by atoms with van der Waals surface area (Å²) in [7, 11) is 4.59. The molecule has 0 aromatic rings. The SMILES string of the molecule is CN1C2CCCC1CC2.CN1C2CCCC1CC2. The summed E-state index contributed by atoms with van der Waals surface area (Å²) in [5.74, 6) is 0. The van der Waals surface area contributed by atoms with Gasteiger partial charge in [-0.05, 0) is 65.5 Å². The van der Waals surface area contributed by atoms with E-state index in [1.165, 1.54) is 64.2 Å². The Bertz CT molecular complexity index is 218. The highest BCUT2D eigenvalue weighted by Gasteiger charge is 2.33. The van der Waals surface area contributed by atoms with E-state index in [4.69, 9.17) is 0 Å². The van der Waals surface area contributed by atoms with Crippen LogP contribution in [0.1, 0.15) is 64.2 Å². The van der Waals surface area contributed by atoms with Gasteiger partial charge in [0.2, 0.25) is 0 Å². The third-order valence-electron chi connectivity index (χ3n) is 6.12. The van der Waals surface area contributed by atoms with Gasteiger partial charge in [-0.25, -0.2) is 0 Å². The molecule has 0 saturated carbocycles. The Morgan fingerprint density at radius 3 is 1.00 bits per heavy atom. The molecule has 4 bridgehead atoms. The van der Waals surface area contributed by atoms with E-state index < -0.39 is 0 Å². The van der Waals surface area contributed by atoms with Crippen LogP contribution in [0.15, 0.2) is 0 Å². The number of hydrogen-bond donors (Lipinski definition) is 0. The Balaban J connectivity index is 0.000000111. The van der Waals surface area contributed by atoms with Gasteiger partial charge in [0, 0.05) is 24.2 Å². The Kier molecular flexibility index (Phi) is 3.95. The molecule has 0 aliphatic carbocycles. The van der Waals surface area contributed by atoms with E-state index in [1.54, 1.807) is 0 Å². The van der Waals surface area contributed by atoms with Crippen molar-refractivity contribution in [3.8, 4) is 0 Å². The highest BCUT2D eigenvalue weighted by Crippen LogP contribution is 2.34. The molecule has 104 valence electrons. The van der Waals surface area contributed by atoms with Crippen molar-refractivity contribution in [1.82, 2.24) is 9.80 Å². The number of nitrogens with zero attached hydrogens (tertiary/aromatic N) is 2. The standard InChI is InChI=1S/2C8H15N/c2*1-9-7-3-2-4-8(9)6-5-7/h2*7-8H,2-6H2,1H3. The average Bonchev–Trinajstić information content (AvgIpc) is 2.77. The predicted molar refractivity (Wildman–Crippen MR) is 76.8 cm³/mol. The quantitative estimate of drug-likeness (QED) is 0.651. The van der Waals surface area contributed by atoms with Crippen LogP contribution in [-0.4, -0.2) is 48.1 Å². The van der Waals surface area contributed by atoms with E-state index in [0.29, 0.717) is 0 Å². The molecule has 4 saturated heterocycles. The molecular weight excluding hydrogens is 220 g/mol. The maximum absolute atomic E-state index is 2.59. The summed E-state index contributed by atoms with van der Waals surface area (Å²) in [4.78, 5) is 5.17. The van der Waals surface area contributed by atoms with Gasteiger partial charge in [0.15, 0.2) is 0 Å². The molecule has 4 heterocycles. The summed E-state index contributed by atoms with van der Waals surface area (Å²) < 4.78 is 0. The molecule has 4 fully saturated rings. The summed E-state index contributed by atoms with van der Waals surface area (Å²) in [6, 6.07) is 3.85.